The maximum atomic E-state index is 13.2. The summed E-state index contributed by atoms with van der Waals surface area (Å²) >= 11 is 0. The van der Waals surface area contributed by atoms with Crippen LogP contribution in [0.25, 0.3) is 5.69 Å². The van der Waals surface area contributed by atoms with E-state index in [1.54, 1.807) is 22.9 Å². The van der Waals surface area contributed by atoms with Crippen LogP contribution < -0.4 is 5.32 Å². The predicted octanol–water partition coefficient (Wildman–Crippen LogP) is 3.42. The van der Waals surface area contributed by atoms with Gasteiger partial charge in [-0.25, -0.2) is 13.5 Å². The number of amides is 2. The molecule has 1 N–H and O–H groups in total. The lowest BCUT2D eigenvalue weighted by molar-refractivity contribution is -0.116. The average Bonchev–Trinajstić information content (AvgIpc) is 3.11. The molecule has 2 aromatic carbocycles. The molecule has 2 amide bonds. The van der Waals surface area contributed by atoms with Crippen LogP contribution in [0.5, 0.6) is 0 Å². The van der Waals surface area contributed by atoms with Crippen molar-refractivity contribution in [2.75, 3.05) is 18.9 Å². The molecule has 3 aromatic rings. The molecule has 0 unspecified atom stereocenters. The molecular formula is C21H20F2N4O2. The minimum Gasteiger partial charge on any atom is -0.332 e. The standard InChI is InChI=1S/C21H20F2N4O2/c1-3-19-18(12-24-27(19)17-9-7-14(22)8-10-17)21(29)26(2)13-20(28)25-16-6-4-5-15(23)11-16/h4-12H,3,13H2,1-2H3,(H,25,28). The minimum atomic E-state index is -0.465. The first-order chi connectivity index (χ1) is 13.9. The topological polar surface area (TPSA) is 67.2 Å². The predicted molar refractivity (Wildman–Crippen MR) is 105 cm³/mol. The van der Waals surface area contributed by atoms with Crippen LogP contribution in [0.15, 0.2) is 54.7 Å². The molecule has 3 rings (SSSR count). The highest BCUT2D eigenvalue weighted by Gasteiger charge is 2.22. The van der Waals surface area contributed by atoms with Crippen LogP contribution in [-0.4, -0.2) is 40.1 Å². The Bertz CT molecular complexity index is 1030. The summed E-state index contributed by atoms with van der Waals surface area (Å²) in [6, 6.07) is 11.3. The summed E-state index contributed by atoms with van der Waals surface area (Å²) in [5.41, 5.74) is 1.96. The zero-order chi connectivity index (χ0) is 21.0. The average molecular weight is 398 g/mol. The van der Waals surface area contributed by atoms with Crippen molar-refractivity contribution in [1.29, 1.82) is 0 Å². The number of nitrogens with one attached hydrogen (secondary N) is 1. The van der Waals surface area contributed by atoms with Crippen molar-refractivity contribution in [2.24, 2.45) is 0 Å². The van der Waals surface area contributed by atoms with Crippen molar-refractivity contribution < 1.29 is 18.4 Å². The molecule has 150 valence electrons. The molecule has 8 heteroatoms. The van der Waals surface area contributed by atoms with Gasteiger partial charge in [-0.2, -0.15) is 5.10 Å². The maximum absolute atomic E-state index is 13.2. The summed E-state index contributed by atoms with van der Waals surface area (Å²) in [6.45, 7) is 1.67. The first-order valence-electron chi connectivity index (χ1n) is 9.02. The van der Waals surface area contributed by atoms with Gasteiger partial charge in [0.05, 0.1) is 29.7 Å². The molecule has 29 heavy (non-hydrogen) atoms. The van der Waals surface area contributed by atoms with Gasteiger partial charge in [-0.1, -0.05) is 13.0 Å². The van der Waals surface area contributed by atoms with E-state index in [1.165, 1.54) is 48.5 Å². The van der Waals surface area contributed by atoms with Gasteiger partial charge in [0.15, 0.2) is 0 Å². The number of hydrogen-bond acceptors (Lipinski definition) is 3. The molecule has 0 radical (unpaired) electrons. The van der Waals surface area contributed by atoms with E-state index in [9.17, 15) is 18.4 Å². The van der Waals surface area contributed by atoms with Gasteiger partial charge in [0.2, 0.25) is 5.91 Å². The Morgan fingerprint density at radius 1 is 1.10 bits per heavy atom. The summed E-state index contributed by atoms with van der Waals surface area (Å²) in [5.74, 6) is -1.65. The van der Waals surface area contributed by atoms with Crippen LogP contribution in [0.1, 0.15) is 23.0 Å². The third kappa shape index (κ3) is 4.66. The number of carbonyl (C=O) groups excluding carboxylic acids is 2. The van der Waals surface area contributed by atoms with Crippen LogP contribution in [-0.2, 0) is 11.2 Å². The van der Waals surface area contributed by atoms with Crippen LogP contribution in [0, 0.1) is 11.6 Å². The summed E-state index contributed by atoms with van der Waals surface area (Å²) in [7, 11) is 1.50. The Hall–Kier alpha value is -3.55. The van der Waals surface area contributed by atoms with E-state index in [0.717, 1.165) is 0 Å². The van der Waals surface area contributed by atoms with Crippen LogP contribution >= 0.6 is 0 Å². The number of likely N-dealkylation sites (N-methyl/N-ethyl adjacent to an activating group) is 1. The maximum Gasteiger partial charge on any atom is 0.257 e. The lowest BCUT2D eigenvalue weighted by Gasteiger charge is -2.17. The minimum absolute atomic E-state index is 0.208. The van der Waals surface area contributed by atoms with Gasteiger partial charge in [-0.05, 0) is 48.9 Å². The molecule has 0 aliphatic rings. The van der Waals surface area contributed by atoms with E-state index in [-0.39, 0.29) is 18.3 Å². The Balaban J connectivity index is 1.74. The van der Waals surface area contributed by atoms with Crippen LogP contribution in [0.2, 0.25) is 0 Å². The monoisotopic (exact) mass is 398 g/mol. The number of nitrogens with zero attached hydrogens (tertiary/aromatic N) is 3. The molecule has 0 spiro atoms. The molecule has 1 heterocycles. The molecule has 6 nitrogen and oxygen atoms in total. The van der Waals surface area contributed by atoms with Crippen molar-refractivity contribution in [2.45, 2.75) is 13.3 Å². The molecule has 1 aromatic heterocycles. The Labute approximate surface area is 166 Å². The van der Waals surface area contributed by atoms with E-state index in [2.05, 4.69) is 10.4 Å². The van der Waals surface area contributed by atoms with E-state index in [1.807, 2.05) is 6.92 Å². The van der Waals surface area contributed by atoms with Gasteiger partial charge in [0, 0.05) is 12.7 Å². The molecule has 0 aliphatic heterocycles. The fraction of sp³-hybridized carbons (Fsp3) is 0.190. The summed E-state index contributed by atoms with van der Waals surface area (Å²) < 4.78 is 28.0. The second-order valence-corrected chi connectivity index (χ2v) is 6.47. The number of benzene rings is 2. The normalized spacial score (nSPS) is 10.6. The quantitative estimate of drug-likeness (QED) is 0.692. The van der Waals surface area contributed by atoms with Gasteiger partial charge in [0.1, 0.15) is 11.6 Å². The van der Waals surface area contributed by atoms with Gasteiger partial charge in [-0.3, -0.25) is 9.59 Å². The number of rotatable bonds is 6. The SMILES string of the molecule is CCc1c(C(=O)N(C)CC(=O)Nc2cccc(F)c2)cnn1-c1ccc(F)cc1. The van der Waals surface area contributed by atoms with Crippen LogP contribution in [0.4, 0.5) is 14.5 Å². The molecule has 0 bridgehead atoms. The Morgan fingerprint density at radius 2 is 1.83 bits per heavy atom. The van der Waals surface area contributed by atoms with E-state index in [0.29, 0.717) is 29.1 Å². The van der Waals surface area contributed by atoms with E-state index < -0.39 is 11.7 Å². The second kappa shape index (κ2) is 8.64. The summed E-state index contributed by atoms with van der Waals surface area (Å²) in [5, 5.41) is 6.81. The van der Waals surface area contributed by atoms with Crippen molar-refractivity contribution in [3.63, 3.8) is 0 Å². The van der Waals surface area contributed by atoms with Crippen molar-refractivity contribution in [3.8, 4) is 5.69 Å². The number of hydrogen-bond donors (Lipinski definition) is 1. The van der Waals surface area contributed by atoms with Gasteiger partial charge in [-0.15, -0.1) is 0 Å². The fourth-order valence-corrected chi connectivity index (χ4v) is 2.96. The van der Waals surface area contributed by atoms with E-state index in [4.69, 9.17) is 0 Å². The first kappa shape index (κ1) is 20.2. The zero-order valence-corrected chi connectivity index (χ0v) is 16.0. The van der Waals surface area contributed by atoms with Crippen LogP contribution in [0.3, 0.4) is 0 Å². The molecule has 0 aliphatic carbocycles. The summed E-state index contributed by atoms with van der Waals surface area (Å²) in [6.07, 6.45) is 1.95. The Kier molecular flexibility index (Phi) is 6.01. The zero-order valence-electron chi connectivity index (χ0n) is 16.0. The number of carbonyl (C=O) groups is 2. The Morgan fingerprint density at radius 3 is 2.48 bits per heavy atom. The molecular weight excluding hydrogens is 378 g/mol. The van der Waals surface area contributed by atoms with Crippen molar-refractivity contribution >= 4 is 17.5 Å². The lowest BCUT2D eigenvalue weighted by Crippen LogP contribution is -2.35. The number of aromatic nitrogens is 2. The molecule has 0 saturated heterocycles. The van der Waals surface area contributed by atoms with Crippen molar-refractivity contribution in [3.05, 3.63) is 77.6 Å². The first-order valence-corrected chi connectivity index (χ1v) is 9.02. The number of halogens is 2. The molecule has 0 saturated carbocycles. The van der Waals surface area contributed by atoms with Gasteiger partial charge >= 0.3 is 0 Å². The highest BCUT2D eigenvalue weighted by atomic mass is 19.1. The smallest absolute Gasteiger partial charge is 0.257 e. The third-order valence-electron chi connectivity index (χ3n) is 4.34. The highest BCUT2D eigenvalue weighted by Crippen LogP contribution is 2.18. The van der Waals surface area contributed by atoms with E-state index >= 15 is 0 Å². The third-order valence-corrected chi connectivity index (χ3v) is 4.34. The largest absolute Gasteiger partial charge is 0.332 e. The van der Waals surface area contributed by atoms with Crippen molar-refractivity contribution in [1.82, 2.24) is 14.7 Å². The number of anilines is 1. The van der Waals surface area contributed by atoms with Gasteiger partial charge in [0.25, 0.3) is 5.91 Å². The fourth-order valence-electron chi connectivity index (χ4n) is 2.96. The lowest BCUT2D eigenvalue weighted by atomic mass is 10.1. The molecule has 0 fully saturated rings. The summed E-state index contributed by atoms with van der Waals surface area (Å²) in [4.78, 5) is 26.3. The van der Waals surface area contributed by atoms with Gasteiger partial charge < -0.3 is 10.2 Å². The second-order valence-electron chi connectivity index (χ2n) is 6.47. The highest BCUT2D eigenvalue weighted by molar-refractivity contribution is 5.99. The molecule has 0 atom stereocenters.